The number of carboxylic acids is 1. The van der Waals surface area contributed by atoms with Gasteiger partial charge in [-0.2, -0.15) is 0 Å². The van der Waals surface area contributed by atoms with Crippen LogP contribution >= 0.6 is 0 Å². The summed E-state index contributed by atoms with van der Waals surface area (Å²) in [5, 5.41) is 13.8. The van der Waals surface area contributed by atoms with E-state index in [1.165, 1.54) is 0 Å². The summed E-state index contributed by atoms with van der Waals surface area (Å²) in [6.45, 7) is 3.76. The zero-order valence-corrected chi connectivity index (χ0v) is 15.3. The second-order valence-electron chi connectivity index (χ2n) is 6.65. The number of nitrogens with two attached hydrogens (primary N) is 2. The summed E-state index contributed by atoms with van der Waals surface area (Å²) in [4.78, 5) is 47.5. The molecule has 0 aliphatic heterocycles. The van der Waals surface area contributed by atoms with Crippen molar-refractivity contribution in [2.45, 2.75) is 44.8 Å². The fourth-order valence-electron chi connectivity index (χ4n) is 2.48. The van der Waals surface area contributed by atoms with E-state index in [-0.39, 0.29) is 5.92 Å². The molecule has 0 radical (unpaired) electrons. The molecule has 0 saturated heterocycles. The predicted molar refractivity (Wildman–Crippen MR) is 98.1 cm³/mol. The highest BCUT2D eigenvalue weighted by Gasteiger charge is 2.29. The minimum absolute atomic E-state index is 0.148. The summed E-state index contributed by atoms with van der Waals surface area (Å²) in [6, 6.07) is 4.83. The van der Waals surface area contributed by atoms with Crippen LogP contribution in [-0.4, -0.2) is 40.9 Å². The summed E-state index contributed by atoms with van der Waals surface area (Å²) in [5.41, 5.74) is 11.6. The molecule has 0 aromatic heterocycles. The van der Waals surface area contributed by atoms with Crippen LogP contribution in [0.1, 0.15) is 38.3 Å². The highest BCUT2D eigenvalue weighted by Crippen LogP contribution is 2.12. The van der Waals surface area contributed by atoms with Gasteiger partial charge in [-0.1, -0.05) is 44.2 Å². The topological polar surface area (TPSA) is 165 Å². The van der Waals surface area contributed by atoms with Gasteiger partial charge in [0.05, 0.1) is 12.5 Å². The van der Waals surface area contributed by atoms with Gasteiger partial charge in [-0.15, -0.1) is 0 Å². The van der Waals surface area contributed by atoms with Crippen LogP contribution in [0.3, 0.4) is 0 Å². The molecule has 1 rings (SSSR count). The summed E-state index contributed by atoms with van der Waals surface area (Å²) >= 11 is 0. The molecular weight excluding hydrogens is 352 g/mol. The lowest BCUT2D eigenvalue weighted by molar-refractivity contribution is -0.141. The Morgan fingerprint density at radius 3 is 2.11 bits per heavy atom. The van der Waals surface area contributed by atoms with E-state index in [0.717, 1.165) is 0 Å². The quantitative estimate of drug-likeness (QED) is 0.374. The molecule has 0 spiro atoms. The molecule has 1 aromatic carbocycles. The zero-order chi connectivity index (χ0) is 20.6. The number of aliphatic carboxylic acids is 1. The average Bonchev–Trinajstić information content (AvgIpc) is 2.58. The third-order valence-corrected chi connectivity index (χ3v) is 3.78. The standard InChI is InChI=1S/C18H26N4O5/c1-10(2)8-12(19)17(26)21-13(9-14(23)24)18(27)22-15(16(20)25)11-6-4-3-5-7-11/h3-7,10,12-13,15H,8-9,19H2,1-2H3,(H2,20,25)(H,21,26)(H,22,27)(H,23,24)/t12-,13-,15-/m0/s1. The van der Waals surface area contributed by atoms with Crippen LogP contribution in [0, 0.1) is 5.92 Å². The number of carbonyl (C=O) groups is 4. The van der Waals surface area contributed by atoms with Gasteiger partial charge in [0.25, 0.3) is 0 Å². The monoisotopic (exact) mass is 378 g/mol. The first kappa shape index (κ1) is 22.1. The molecule has 7 N–H and O–H groups in total. The zero-order valence-electron chi connectivity index (χ0n) is 15.3. The number of nitrogens with one attached hydrogen (secondary N) is 2. The number of benzene rings is 1. The van der Waals surface area contributed by atoms with Crippen molar-refractivity contribution in [1.82, 2.24) is 10.6 Å². The number of hydrogen-bond donors (Lipinski definition) is 5. The van der Waals surface area contributed by atoms with Gasteiger partial charge in [-0.3, -0.25) is 19.2 Å². The lowest BCUT2D eigenvalue weighted by atomic mass is 10.0. The molecule has 1 aromatic rings. The molecular formula is C18H26N4O5. The molecule has 0 fully saturated rings. The molecule has 0 aliphatic rings. The summed E-state index contributed by atoms with van der Waals surface area (Å²) in [5.74, 6) is -3.43. The van der Waals surface area contributed by atoms with Gasteiger partial charge in [-0.25, -0.2) is 0 Å². The first-order valence-corrected chi connectivity index (χ1v) is 8.54. The Balaban J connectivity index is 2.91. The SMILES string of the molecule is CC(C)C[C@H](N)C(=O)N[C@@H](CC(=O)O)C(=O)N[C@H](C(N)=O)c1ccccc1. The maximum Gasteiger partial charge on any atom is 0.305 e. The number of carboxylic acid groups (broad SMARTS) is 1. The van der Waals surface area contributed by atoms with Crippen LogP contribution in [0.5, 0.6) is 0 Å². The van der Waals surface area contributed by atoms with Gasteiger partial charge in [0, 0.05) is 0 Å². The number of primary amides is 1. The molecule has 0 aliphatic carbocycles. The Labute approximate surface area is 157 Å². The van der Waals surface area contributed by atoms with Gasteiger partial charge in [-0.05, 0) is 17.9 Å². The van der Waals surface area contributed by atoms with Crippen molar-refractivity contribution in [2.24, 2.45) is 17.4 Å². The lowest BCUT2D eigenvalue weighted by Crippen LogP contribution is -2.54. The van der Waals surface area contributed by atoms with Gasteiger partial charge in [0.1, 0.15) is 12.1 Å². The Morgan fingerprint density at radius 2 is 1.63 bits per heavy atom. The van der Waals surface area contributed by atoms with E-state index < -0.39 is 48.2 Å². The van der Waals surface area contributed by atoms with Crippen LogP contribution in [0.2, 0.25) is 0 Å². The fourth-order valence-corrected chi connectivity index (χ4v) is 2.48. The Morgan fingerprint density at radius 1 is 1.04 bits per heavy atom. The number of hydrogen-bond acceptors (Lipinski definition) is 5. The van der Waals surface area contributed by atoms with Crippen LogP contribution in [0.4, 0.5) is 0 Å². The van der Waals surface area contributed by atoms with Crippen LogP contribution < -0.4 is 22.1 Å². The third kappa shape index (κ3) is 7.45. The van der Waals surface area contributed by atoms with E-state index in [2.05, 4.69) is 10.6 Å². The smallest absolute Gasteiger partial charge is 0.305 e. The Bertz CT molecular complexity index is 678. The Hall–Kier alpha value is -2.94. The second kappa shape index (κ2) is 10.3. The molecule has 3 amide bonds. The van der Waals surface area contributed by atoms with E-state index >= 15 is 0 Å². The molecule has 9 heteroatoms. The summed E-state index contributed by atoms with van der Waals surface area (Å²) < 4.78 is 0. The number of carbonyl (C=O) groups excluding carboxylic acids is 3. The maximum atomic E-state index is 12.5. The van der Waals surface area contributed by atoms with Crippen molar-refractivity contribution in [3.8, 4) is 0 Å². The third-order valence-electron chi connectivity index (χ3n) is 3.78. The average molecular weight is 378 g/mol. The van der Waals surface area contributed by atoms with Crippen molar-refractivity contribution in [2.75, 3.05) is 0 Å². The van der Waals surface area contributed by atoms with E-state index in [1.54, 1.807) is 30.3 Å². The molecule has 0 unspecified atom stereocenters. The normalized spacial score (nSPS) is 14.1. The van der Waals surface area contributed by atoms with Gasteiger partial charge in [0.2, 0.25) is 17.7 Å². The minimum atomic E-state index is -1.39. The van der Waals surface area contributed by atoms with Crippen LogP contribution in [0.25, 0.3) is 0 Å². The molecule has 9 nitrogen and oxygen atoms in total. The second-order valence-corrected chi connectivity index (χ2v) is 6.65. The number of amides is 3. The summed E-state index contributed by atoms with van der Waals surface area (Å²) in [6.07, 6.45) is -0.284. The highest BCUT2D eigenvalue weighted by molar-refractivity contribution is 5.94. The largest absolute Gasteiger partial charge is 0.481 e. The van der Waals surface area contributed by atoms with E-state index in [0.29, 0.717) is 12.0 Å². The molecule has 27 heavy (non-hydrogen) atoms. The van der Waals surface area contributed by atoms with Crippen molar-refractivity contribution in [3.63, 3.8) is 0 Å². The molecule has 0 heterocycles. The fraction of sp³-hybridized carbons (Fsp3) is 0.444. The number of rotatable bonds is 10. The lowest BCUT2D eigenvalue weighted by Gasteiger charge is -2.23. The van der Waals surface area contributed by atoms with Crippen molar-refractivity contribution >= 4 is 23.7 Å². The highest BCUT2D eigenvalue weighted by atomic mass is 16.4. The van der Waals surface area contributed by atoms with Crippen LogP contribution in [0.15, 0.2) is 30.3 Å². The van der Waals surface area contributed by atoms with Gasteiger partial charge in [0.15, 0.2) is 0 Å². The predicted octanol–water partition coefficient (Wildman–Crippen LogP) is -0.338. The Kier molecular flexibility index (Phi) is 8.40. The van der Waals surface area contributed by atoms with E-state index in [4.69, 9.17) is 16.6 Å². The molecule has 0 bridgehead atoms. The minimum Gasteiger partial charge on any atom is -0.481 e. The van der Waals surface area contributed by atoms with Gasteiger partial charge >= 0.3 is 5.97 Å². The first-order chi connectivity index (χ1) is 12.6. The van der Waals surface area contributed by atoms with E-state index in [1.807, 2.05) is 13.8 Å². The first-order valence-electron chi connectivity index (χ1n) is 8.54. The van der Waals surface area contributed by atoms with Crippen LogP contribution in [-0.2, 0) is 19.2 Å². The van der Waals surface area contributed by atoms with Crippen molar-refractivity contribution in [1.29, 1.82) is 0 Å². The molecule has 0 saturated carbocycles. The molecule has 148 valence electrons. The van der Waals surface area contributed by atoms with Crippen molar-refractivity contribution in [3.05, 3.63) is 35.9 Å². The molecule has 3 atom stereocenters. The summed E-state index contributed by atoms with van der Waals surface area (Å²) in [7, 11) is 0. The van der Waals surface area contributed by atoms with Gasteiger partial charge < -0.3 is 27.2 Å². The van der Waals surface area contributed by atoms with Crippen molar-refractivity contribution < 1.29 is 24.3 Å². The van der Waals surface area contributed by atoms with E-state index in [9.17, 15) is 19.2 Å². The maximum absolute atomic E-state index is 12.5.